The molecule has 144 valence electrons. The van der Waals surface area contributed by atoms with Crippen molar-refractivity contribution in [2.24, 2.45) is 0 Å². The van der Waals surface area contributed by atoms with Gasteiger partial charge in [0.1, 0.15) is 5.82 Å². The van der Waals surface area contributed by atoms with Crippen LogP contribution in [-0.4, -0.2) is 41.4 Å². The standard InChI is InChI=1S/C19H23N3O4S/c23-18(20-14-8-10-27(25,26)12-14)13-6-7-15-16(11-13)21-17-5-3-1-2-4-9-22(17)19(15)24/h6-7,11,14H,1-5,8-10,12H2,(H,20,23). The zero-order chi connectivity index (χ0) is 19.0. The van der Waals surface area contributed by atoms with Crippen LogP contribution in [0.3, 0.4) is 0 Å². The van der Waals surface area contributed by atoms with Gasteiger partial charge in [-0.2, -0.15) is 0 Å². The SMILES string of the molecule is O=C(NC1CCS(=O)(=O)C1)c1ccc2c(=O)n3c(nc2c1)CCCCCC3. The lowest BCUT2D eigenvalue weighted by Gasteiger charge is -2.16. The fraction of sp³-hybridized carbons (Fsp3) is 0.526. The van der Waals surface area contributed by atoms with Crippen molar-refractivity contribution < 1.29 is 13.2 Å². The number of carbonyl (C=O) groups is 1. The molecular formula is C19H23N3O4S. The fourth-order valence-corrected chi connectivity index (χ4v) is 5.59. The molecule has 1 saturated heterocycles. The second-order valence-electron chi connectivity index (χ2n) is 7.45. The Morgan fingerprint density at radius 2 is 2.00 bits per heavy atom. The van der Waals surface area contributed by atoms with Gasteiger partial charge < -0.3 is 5.32 Å². The van der Waals surface area contributed by atoms with Crippen LogP contribution in [0.2, 0.25) is 0 Å². The second kappa shape index (κ2) is 7.07. The molecule has 27 heavy (non-hydrogen) atoms. The van der Waals surface area contributed by atoms with Crippen LogP contribution < -0.4 is 10.9 Å². The number of rotatable bonds is 2. The minimum Gasteiger partial charge on any atom is -0.348 e. The molecule has 1 aromatic carbocycles. The van der Waals surface area contributed by atoms with E-state index in [1.54, 1.807) is 22.8 Å². The number of aryl methyl sites for hydroxylation is 1. The predicted molar refractivity (Wildman–Crippen MR) is 103 cm³/mol. The second-order valence-corrected chi connectivity index (χ2v) is 9.68. The van der Waals surface area contributed by atoms with Crippen LogP contribution in [0.4, 0.5) is 0 Å². The number of nitrogens with one attached hydrogen (secondary N) is 1. The molecular weight excluding hydrogens is 366 g/mol. The lowest BCUT2D eigenvalue weighted by molar-refractivity contribution is 0.0941. The topological polar surface area (TPSA) is 98.1 Å². The quantitative estimate of drug-likeness (QED) is 0.838. The molecule has 8 heteroatoms. The summed E-state index contributed by atoms with van der Waals surface area (Å²) in [4.78, 5) is 30.0. The average molecular weight is 389 g/mol. The molecule has 0 spiro atoms. The maximum atomic E-state index is 12.8. The predicted octanol–water partition coefficient (Wildman–Crippen LogP) is 1.43. The Morgan fingerprint density at radius 3 is 2.78 bits per heavy atom. The molecule has 1 fully saturated rings. The number of sulfone groups is 1. The third-order valence-electron chi connectivity index (χ3n) is 5.40. The summed E-state index contributed by atoms with van der Waals surface area (Å²) in [5, 5.41) is 3.29. The third-order valence-corrected chi connectivity index (χ3v) is 7.16. The summed E-state index contributed by atoms with van der Waals surface area (Å²) < 4.78 is 24.9. The van der Waals surface area contributed by atoms with Crippen LogP contribution in [-0.2, 0) is 22.8 Å². The van der Waals surface area contributed by atoms with E-state index >= 15 is 0 Å². The first-order valence-electron chi connectivity index (χ1n) is 9.48. The zero-order valence-electron chi connectivity index (χ0n) is 15.1. The third kappa shape index (κ3) is 3.76. The number of aromatic nitrogens is 2. The van der Waals surface area contributed by atoms with Gasteiger partial charge in [0.25, 0.3) is 11.5 Å². The van der Waals surface area contributed by atoms with E-state index in [1.807, 2.05) is 0 Å². The molecule has 2 aromatic rings. The molecule has 1 N–H and O–H groups in total. The molecule has 3 heterocycles. The Kier molecular flexibility index (Phi) is 4.75. The van der Waals surface area contributed by atoms with Crippen molar-refractivity contribution in [3.05, 3.63) is 39.9 Å². The molecule has 1 unspecified atom stereocenters. The van der Waals surface area contributed by atoms with E-state index in [1.165, 1.54) is 0 Å². The molecule has 0 radical (unpaired) electrons. The van der Waals surface area contributed by atoms with Crippen LogP contribution in [0.5, 0.6) is 0 Å². The number of nitrogens with zero attached hydrogens (tertiary/aromatic N) is 2. The molecule has 0 aliphatic carbocycles. The molecule has 7 nitrogen and oxygen atoms in total. The Balaban J connectivity index is 1.64. The first-order chi connectivity index (χ1) is 12.9. The highest BCUT2D eigenvalue weighted by atomic mass is 32.2. The van der Waals surface area contributed by atoms with Gasteiger partial charge in [-0.1, -0.05) is 12.8 Å². The van der Waals surface area contributed by atoms with E-state index in [-0.39, 0.29) is 29.0 Å². The van der Waals surface area contributed by atoms with Crippen LogP contribution in [0.1, 0.15) is 48.3 Å². The highest BCUT2D eigenvalue weighted by molar-refractivity contribution is 7.91. The lowest BCUT2D eigenvalue weighted by Crippen LogP contribution is -2.35. The van der Waals surface area contributed by atoms with Crippen LogP contribution in [0.15, 0.2) is 23.0 Å². The summed E-state index contributed by atoms with van der Waals surface area (Å²) in [5.41, 5.74) is 0.874. The average Bonchev–Trinajstić information content (AvgIpc) is 2.94. The van der Waals surface area contributed by atoms with E-state index in [2.05, 4.69) is 10.3 Å². The summed E-state index contributed by atoms with van der Waals surface area (Å²) in [6, 6.07) is 4.54. The number of hydrogen-bond donors (Lipinski definition) is 1. The van der Waals surface area contributed by atoms with Crippen LogP contribution in [0, 0.1) is 0 Å². The molecule has 4 rings (SSSR count). The van der Waals surface area contributed by atoms with E-state index in [0.717, 1.165) is 37.9 Å². The minimum atomic E-state index is -3.05. The molecule has 2 aliphatic heterocycles. The Labute approximate surface area is 157 Å². The van der Waals surface area contributed by atoms with Gasteiger partial charge in [0, 0.05) is 24.6 Å². The number of hydrogen-bond acceptors (Lipinski definition) is 5. The molecule has 0 saturated carbocycles. The molecule has 0 bridgehead atoms. The number of fused-ring (bicyclic) bond motifs is 2. The molecule has 1 atom stereocenters. The summed E-state index contributed by atoms with van der Waals surface area (Å²) >= 11 is 0. The Morgan fingerprint density at radius 1 is 1.19 bits per heavy atom. The first kappa shape index (κ1) is 18.2. The number of amides is 1. The van der Waals surface area contributed by atoms with Gasteiger partial charge in [-0.3, -0.25) is 14.2 Å². The van der Waals surface area contributed by atoms with E-state index in [0.29, 0.717) is 29.4 Å². The smallest absolute Gasteiger partial charge is 0.261 e. The van der Waals surface area contributed by atoms with Gasteiger partial charge in [-0.05, 0) is 37.5 Å². The summed E-state index contributed by atoms with van der Waals surface area (Å²) in [7, 11) is -3.05. The van der Waals surface area contributed by atoms with Crippen molar-refractivity contribution in [3.63, 3.8) is 0 Å². The molecule has 2 aliphatic rings. The number of carbonyl (C=O) groups excluding carboxylic acids is 1. The van der Waals surface area contributed by atoms with E-state index < -0.39 is 9.84 Å². The van der Waals surface area contributed by atoms with E-state index in [9.17, 15) is 18.0 Å². The molecule has 1 amide bonds. The van der Waals surface area contributed by atoms with Crippen LogP contribution in [0.25, 0.3) is 10.9 Å². The van der Waals surface area contributed by atoms with Gasteiger partial charge in [-0.25, -0.2) is 13.4 Å². The van der Waals surface area contributed by atoms with Crippen LogP contribution >= 0.6 is 0 Å². The largest absolute Gasteiger partial charge is 0.348 e. The monoisotopic (exact) mass is 389 g/mol. The summed E-state index contributed by atoms with van der Waals surface area (Å²) in [6.07, 6.45) is 5.45. The minimum absolute atomic E-state index is 0.0145. The maximum absolute atomic E-state index is 12.8. The fourth-order valence-electron chi connectivity index (χ4n) is 3.91. The Hall–Kier alpha value is -2.22. The van der Waals surface area contributed by atoms with Gasteiger partial charge in [0.05, 0.1) is 22.4 Å². The Bertz CT molecular complexity index is 1060. The van der Waals surface area contributed by atoms with Gasteiger partial charge in [0.15, 0.2) is 9.84 Å². The molecule has 1 aromatic heterocycles. The van der Waals surface area contributed by atoms with E-state index in [4.69, 9.17) is 0 Å². The van der Waals surface area contributed by atoms with Crippen molar-refractivity contribution in [2.45, 2.75) is 51.1 Å². The van der Waals surface area contributed by atoms with Gasteiger partial charge in [0.2, 0.25) is 0 Å². The lowest BCUT2D eigenvalue weighted by atomic mass is 10.1. The van der Waals surface area contributed by atoms with Crippen molar-refractivity contribution in [1.82, 2.24) is 14.9 Å². The van der Waals surface area contributed by atoms with Crippen molar-refractivity contribution in [3.8, 4) is 0 Å². The van der Waals surface area contributed by atoms with Crippen molar-refractivity contribution >= 4 is 26.6 Å². The summed E-state index contributed by atoms with van der Waals surface area (Å²) in [5.74, 6) is 0.554. The van der Waals surface area contributed by atoms with Gasteiger partial charge >= 0.3 is 0 Å². The first-order valence-corrected chi connectivity index (χ1v) is 11.3. The zero-order valence-corrected chi connectivity index (χ0v) is 15.9. The van der Waals surface area contributed by atoms with Gasteiger partial charge in [-0.15, -0.1) is 0 Å². The normalized spacial score (nSPS) is 22.0. The highest BCUT2D eigenvalue weighted by Crippen LogP contribution is 2.17. The van der Waals surface area contributed by atoms with Crippen molar-refractivity contribution in [2.75, 3.05) is 11.5 Å². The maximum Gasteiger partial charge on any atom is 0.261 e. The van der Waals surface area contributed by atoms with Crippen molar-refractivity contribution in [1.29, 1.82) is 0 Å². The highest BCUT2D eigenvalue weighted by Gasteiger charge is 2.29. The summed E-state index contributed by atoms with van der Waals surface area (Å²) in [6.45, 7) is 0.690. The number of benzene rings is 1.